The van der Waals surface area contributed by atoms with E-state index < -0.39 is 0 Å². The van der Waals surface area contributed by atoms with E-state index in [-0.39, 0.29) is 16.6 Å². The Kier molecular flexibility index (Phi) is 4.52. The molecule has 1 rings (SSSR count). The number of hydrogen-bond acceptors (Lipinski definition) is 4. The van der Waals surface area contributed by atoms with Gasteiger partial charge in [0.05, 0.1) is 18.4 Å². The average Bonchev–Trinajstić information content (AvgIpc) is 2.24. The second kappa shape index (κ2) is 5.67. The van der Waals surface area contributed by atoms with Gasteiger partial charge < -0.3 is 11.1 Å². The van der Waals surface area contributed by atoms with Crippen LogP contribution >= 0.6 is 11.6 Å². The summed E-state index contributed by atoms with van der Waals surface area (Å²) in [5.41, 5.74) is 5.75. The minimum Gasteiger partial charge on any atom is -0.381 e. The first kappa shape index (κ1) is 12.7. The Hall–Kier alpha value is -1.33. The van der Waals surface area contributed by atoms with E-state index in [1.165, 1.54) is 10.9 Å². The van der Waals surface area contributed by atoms with Crippen LogP contribution in [0.25, 0.3) is 0 Å². The van der Waals surface area contributed by atoms with Gasteiger partial charge in [-0.2, -0.15) is 5.10 Å². The Bertz CT molecular complexity index is 427. The third-order valence-electron chi connectivity index (χ3n) is 1.90. The van der Waals surface area contributed by atoms with Crippen LogP contribution in [0, 0.1) is 0 Å². The first-order valence-electron chi connectivity index (χ1n) is 4.92. The topological polar surface area (TPSA) is 72.9 Å². The Morgan fingerprint density at radius 1 is 1.81 bits per heavy atom. The summed E-state index contributed by atoms with van der Waals surface area (Å²) in [6.45, 7) is 6.26. The lowest BCUT2D eigenvalue weighted by molar-refractivity contribution is 0.652. The van der Waals surface area contributed by atoms with Crippen LogP contribution in [0.2, 0.25) is 5.02 Å². The zero-order valence-electron chi connectivity index (χ0n) is 9.11. The highest BCUT2D eigenvalue weighted by atomic mass is 35.5. The van der Waals surface area contributed by atoms with Crippen molar-refractivity contribution in [3.63, 3.8) is 0 Å². The highest BCUT2D eigenvalue weighted by Crippen LogP contribution is 2.14. The molecule has 0 radical (unpaired) electrons. The molecular weight excluding hydrogens is 228 g/mol. The van der Waals surface area contributed by atoms with Crippen LogP contribution in [0.15, 0.2) is 23.6 Å². The largest absolute Gasteiger partial charge is 0.381 e. The van der Waals surface area contributed by atoms with Gasteiger partial charge in [-0.1, -0.05) is 17.7 Å². The molecule has 0 amide bonds. The molecule has 1 aromatic heterocycles. The maximum Gasteiger partial charge on any atom is 0.287 e. The van der Waals surface area contributed by atoms with Crippen LogP contribution in [0.4, 0.5) is 5.69 Å². The minimum atomic E-state index is -0.337. The van der Waals surface area contributed by atoms with E-state index in [0.717, 1.165) is 0 Å². The molecule has 16 heavy (non-hydrogen) atoms. The Morgan fingerprint density at radius 3 is 3.06 bits per heavy atom. The molecular formula is C10H15ClN4O. The summed E-state index contributed by atoms with van der Waals surface area (Å²) >= 11 is 5.91. The maximum atomic E-state index is 11.7. The number of anilines is 1. The number of nitrogens with two attached hydrogens (primary N) is 1. The molecule has 0 saturated carbocycles. The van der Waals surface area contributed by atoms with Gasteiger partial charge in [0.15, 0.2) is 0 Å². The van der Waals surface area contributed by atoms with Crippen LogP contribution in [0.3, 0.4) is 0 Å². The molecule has 1 heterocycles. The molecule has 1 atom stereocenters. The molecule has 3 N–H and O–H groups in total. The number of hydrogen-bond donors (Lipinski definition) is 2. The van der Waals surface area contributed by atoms with Crippen molar-refractivity contribution in [3.8, 4) is 0 Å². The standard InChI is InChI=1S/C10H15ClN4O/c1-3-4-15-10(16)9(11)8(6-14-15)13-5-7(2)12/h3,6-7,13H,1,4-5,12H2,2H3. The number of aromatic nitrogens is 2. The van der Waals surface area contributed by atoms with E-state index in [0.29, 0.717) is 18.8 Å². The lowest BCUT2D eigenvalue weighted by Crippen LogP contribution is -2.28. The van der Waals surface area contributed by atoms with Crippen molar-refractivity contribution in [2.45, 2.75) is 19.5 Å². The molecule has 0 aliphatic rings. The lowest BCUT2D eigenvalue weighted by Gasteiger charge is -2.10. The molecule has 1 unspecified atom stereocenters. The van der Waals surface area contributed by atoms with E-state index >= 15 is 0 Å². The molecule has 1 aromatic rings. The zero-order chi connectivity index (χ0) is 12.1. The van der Waals surface area contributed by atoms with Crippen LogP contribution < -0.4 is 16.6 Å². The van der Waals surface area contributed by atoms with E-state index in [1.807, 2.05) is 6.92 Å². The van der Waals surface area contributed by atoms with Crippen molar-refractivity contribution in [3.05, 3.63) is 34.2 Å². The Labute approximate surface area is 98.9 Å². The van der Waals surface area contributed by atoms with Crippen molar-refractivity contribution in [1.29, 1.82) is 0 Å². The minimum absolute atomic E-state index is 0.0216. The summed E-state index contributed by atoms with van der Waals surface area (Å²) in [6, 6.07) is -0.0216. The van der Waals surface area contributed by atoms with Gasteiger partial charge in [0.25, 0.3) is 5.56 Å². The second-order valence-electron chi connectivity index (χ2n) is 3.51. The average molecular weight is 243 g/mol. The van der Waals surface area contributed by atoms with E-state index in [4.69, 9.17) is 17.3 Å². The molecule has 5 nitrogen and oxygen atoms in total. The molecule has 0 aliphatic carbocycles. The number of allylic oxidation sites excluding steroid dienone is 1. The third-order valence-corrected chi connectivity index (χ3v) is 2.27. The predicted molar refractivity (Wildman–Crippen MR) is 65.8 cm³/mol. The molecule has 0 bridgehead atoms. The van der Waals surface area contributed by atoms with Gasteiger partial charge in [0, 0.05) is 12.6 Å². The van der Waals surface area contributed by atoms with Gasteiger partial charge in [-0.3, -0.25) is 4.79 Å². The molecule has 6 heteroatoms. The first-order chi connectivity index (χ1) is 7.56. The highest BCUT2D eigenvalue weighted by molar-refractivity contribution is 6.32. The van der Waals surface area contributed by atoms with Crippen LogP contribution in [-0.2, 0) is 6.54 Å². The van der Waals surface area contributed by atoms with Crippen LogP contribution in [0.5, 0.6) is 0 Å². The Balaban J connectivity index is 2.93. The van der Waals surface area contributed by atoms with Gasteiger partial charge >= 0.3 is 0 Å². The van der Waals surface area contributed by atoms with Crippen molar-refractivity contribution >= 4 is 17.3 Å². The van der Waals surface area contributed by atoms with Crippen molar-refractivity contribution < 1.29 is 0 Å². The van der Waals surface area contributed by atoms with Crippen LogP contribution in [-0.4, -0.2) is 22.4 Å². The normalized spacial score (nSPS) is 12.2. The number of nitrogens with zero attached hydrogens (tertiary/aromatic N) is 2. The number of rotatable bonds is 5. The fraction of sp³-hybridized carbons (Fsp3) is 0.400. The highest BCUT2D eigenvalue weighted by Gasteiger charge is 2.08. The fourth-order valence-corrected chi connectivity index (χ4v) is 1.32. The summed E-state index contributed by atoms with van der Waals surface area (Å²) in [4.78, 5) is 11.7. The van der Waals surface area contributed by atoms with Gasteiger partial charge in [0.2, 0.25) is 0 Å². The monoisotopic (exact) mass is 242 g/mol. The summed E-state index contributed by atoms with van der Waals surface area (Å²) < 4.78 is 1.24. The SMILES string of the molecule is C=CCn1ncc(NCC(C)N)c(Cl)c1=O. The summed E-state index contributed by atoms with van der Waals surface area (Å²) in [5, 5.41) is 7.04. The first-order valence-corrected chi connectivity index (χ1v) is 5.30. The molecule has 0 spiro atoms. The van der Waals surface area contributed by atoms with Crippen molar-refractivity contribution in [1.82, 2.24) is 9.78 Å². The molecule has 88 valence electrons. The van der Waals surface area contributed by atoms with Gasteiger partial charge in [-0.05, 0) is 6.92 Å². The maximum absolute atomic E-state index is 11.7. The Morgan fingerprint density at radius 2 is 2.50 bits per heavy atom. The third kappa shape index (κ3) is 3.08. The summed E-state index contributed by atoms with van der Waals surface area (Å²) in [6.07, 6.45) is 3.09. The van der Waals surface area contributed by atoms with Gasteiger partial charge in [-0.15, -0.1) is 6.58 Å². The number of halogens is 1. The summed E-state index contributed by atoms with van der Waals surface area (Å²) in [7, 11) is 0. The molecule has 0 saturated heterocycles. The van der Waals surface area contributed by atoms with E-state index in [9.17, 15) is 4.79 Å². The molecule has 0 fully saturated rings. The van der Waals surface area contributed by atoms with Crippen LogP contribution in [0.1, 0.15) is 6.92 Å². The number of nitrogens with one attached hydrogen (secondary N) is 1. The van der Waals surface area contributed by atoms with E-state index in [2.05, 4.69) is 17.0 Å². The zero-order valence-corrected chi connectivity index (χ0v) is 9.87. The van der Waals surface area contributed by atoms with Gasteiger partial charge in [0.1, 0.15) is 5.02 Å². The second-order valence-corrected chi connectivity index (χ2v) is 3.88. The summed E-state index contributed by atoms with van der Waals surface area (Å²) in [5.74, 6) is 0. The molecule has 0 aromatic carbocycles. The van der Waals surface area contributed by atoms with Crippen molar-refractivity contribution in [2.75, 3.05) is 11.9 Å². The lowest BCUT2D eigenvalue weighted by atomic mass is 10.3. The quantitative estimate of drug-likeness (QED) is 0.751. The van der Waals surface area contributed by atoms with E-state index in [1.54, 1.807) is 6.08 Å². The smallest absolute Gasteiger partial charge is 0.287 e. The fourth-order valence-electron chi connectivity index (χ4n) is 1.11. The predicted octanol–water partition coefficient (Wildman–Crippen LogP) is 0.842. The molecule has 0 aliphatic heterocycles. The van der Waals surface area contributed by atoms with Gasteiger partial charge in [-0.25, -0.2) is 4.68 Å². The van der Waals surface area contributed by atoms with Crippen molar-refractivity contribution in [2.24, 2.45) is 5.73 Å².